The van der Waals surface area contributed by atoms with E-state index in [9.17, 15) is 9.59 Å². The lowest BCUT2D eigenvalue weighted by Crippen LogP contribution is -2.38. The molecule has 1 fully saturated rings. The molecule has 2 rings (SSSR count). The Bertz CT molecular complexity index is 481. The Kier molecular flexibility index (Phi) is 6.04. The van der Waals surface area contributed by atoms with Crippen LogP contribution in [0.4, 0.5) is 0 Å². The Morgan fingerprint density at radius 3 is 2.85 bits per heavy atom. The summed E-state index contributed by atoms with van der Waals surface area (Å²) in [5.74, 6) is -0.208. The normalized spacial score (nSPS) is 18.1. The summed E-state index contributed by atoms with van der Waals surface area (Å²) >= 11 is 0. The van der Waals surface area contributed by atoms with Crippen molar-refractivity contribution in [3.63, 3.8) is 0 Å². The number of hydrogen-bond acceptors (Lipinski definition) is 3. The number of primary amides is 1. The molecule has 1 aromatic heterocycles. The van der Waals surface area contributed by atoms with Crippen LogP contribution in [-0.2, 0) is 7.05 Å². The number of carbonyl (C=O) groups excluding carboxylic acids is 2. The highest BCUT2D eigenvalue weighted by atomic mass is 35.5. The van der Waals surface area contributed by atoms with E-state index < -0.39 is 5.91 Å². The molecule has 0 radical (unpaired) electrons. The summed E-state index contributed by atoms with van der Waals surface area (Å²) in [4.78, 5) is 23.1. The summed E-state index contributed by atoms with van der Waals surface area (Å²) in [6, 6.07) is 1.52. The van der Waals surface area contributed by atoms with Gasteiger partial charge in [0.05, 0.1) is 5.56 Å². The maximum Gasteiger partial charge on any atom is 0.267 e. The van der Waals surface area contributed by atoms with Crippen molar-refractivity contribution >= 4 is 24.2 Å². The molecule has 20 heavy (non-hydrogen) atoms. The lowest BCUT2D eigenvalue weighted by Gasteiger charge is -2.22. The maximum atomic E-state index is 12.0. The molecule has 0 aliphatic carbocycles. The zero-order chi connectivity index (χ0) is 13.8. The number of aromatic nitrogens is 1. The molecular formula is C13H21ClN4O2. The number of nitrogens with one attached hydrogen (secondary N) is 2. The molecule has 7 heteroatoms. The molecule has 1 unspecified atom stereocenters. The van der Waals surface area contributed by atoms with Gasteiger partial charge in [-0.15, -0.1) is 12.4 Å². The molecule has 1 aromatic rings. The Morgan fingerprint density at radius 1 is 1.55 bits per heavy atom. The largest absolute Gasteiger partial charge is 0.366 e. The van der Waals surface area contributed by atoms with Crippen molar-refractivity contribution in [1.82, 2.24) is 15.2 Å². The minimum Gasteiger partial charge on any atom is -0.366 e. The molecule has 112 valence electrons. The van der Waals surface area contributed by atoms with Gasteiger partial charge in [-0.25, -0.2) is 0 Å². The molecule has 0 bridgehead atoms. The van der Waals surface area contributed by atoms with Crippen LogP contribution in [-0.4, -0.2) is 36.0 Å². The third kappa shape index (κ3) is 3.98. The van der Waals surface area contributed by atoms with Crippen LogP contribution in [0.1, 0.15) is 33.7 Å². The van der Waals surface area contributed by atoms with E-state index in [1.165, 1.54) is 6.07 Å². The van der Waals surface area contributed by atoms with E-state index in [2.05, 4.69) is 10.6 Å². The molecule has 0 spiro atoms. The van der Waals surface area contributed by atoms with Crippen molar-refractivity contribution in [1.29, 1.82) is 0 Å². The van der Waals surface area contributed by atoms with Gasteiger partial charge in [-0.2, -0.15) is 0 Å². The smallest absolute Gasteiger partial charge is 0.267 e. The van der Waals surface area contributed by atoms with Gasteiger partial charge in [-0.3, -0.25) is 9.59 Å². The fraction of sp³-hybridized carbons (Fsp3) is 0.538. The van der Waals surface area contributed by atoms with Crippen LogP contribution in [0, 0.1) is 5.92 Å². The van der Waals surface area contributed by atoms with Gasteiger partial charge in [0, 0.05) is 19.8 Å². The fourth-order valence-electron chi connectivity index (χ4n) is 2.35. The van der Waals surface area contributed by atoms with E-state index >= 15 is 0 Å². The molecule has 2 amide bonds. The lowest BCUT2D eigenvalue weighted by atomic mass is 10.00. The molecule has 2 heterocycles. The Labute approximate surface area is 124 Å². The van der Waals surface area contributed by atoms with Crippen molar-refractivity contribution in [2.75, 3.05) is 19.6 Å². The van der Waals surface area contributed by atoms with Gasteiger partial charge < -0.3 is 20.9 Å². The van der Waals surface area contributed by atoms with Gasteiger partial charge in [0.1, 0.15) is 5.69 Å². The summed E-state index contributed by atoms with van der Waals surface area (Å²) in [6.45, 7) is 2.66. The van der Waals surface area contributed by atoms with Crippen LogP contribution in [0.5, 0.6) is 0 Å². The predicted octanol–water partition coefficient (Wildman–Crippen LogP) is 0.275. The number of nitrogens with zero attached hydrogens (tertiary/aromatic N) is 1. The highest BCUT2D eigenvalue weighted by Gasteiger charge is 2.17. The summed E-state index contributed by atoms with van der Waals surface area (Å²) in [5.41, 5.74) is 6.00. The first kappa shape index (κ1) is 16.5. The van der Waals surface area contributed by atoms with Gasteiger partial charge in [0.15, 0.2) is 0 Å². The summed E-state index contributed by atoms with van der Waals surface area (Å²) < 4.78 is 1.62. The maximum absolute atomic E-state index is 12.0. The first-order valence-corrected chi connectivity index (χ1v) is 6.53. The summed E-state index contributed by atoms with van der Waals surface area (Å²) in [5, 5.41) is 6.22. The highest BCUT2D eigenvalue weighted by molar-refractivity contribution is 5.98. The number of aryl methyl sites for hydroxylation is 1. The second-order valence-electron chi connectivity index (χ2n) is 5.01. The highest BCUT2D eigenvalue weighted by Crippen LogP contribution is 2.10. The molecule has 1 aliphatic rings. The van der Waals surface area contributed by atoms with Crippen LogP contribution < -0.4 is 16.4 Å². The number of piperidine rings is 1. The lowest BCUT2D eigenvalue weighted by molar-refractivity contribution is 0.0936. The van der Waals surface area contributed by atoms with Crippen LogP contribution in [0.15, 0.2) is 12.3 Å². The van der Waals surface area contributed by atoms with E-state index in [-0.39, 0.29) is 18.3 Å². The van der Waals surface area contributed by atoms with Gasteiger partial charge in [-0.1, -0.05) is 0 Å². The van der Waals surface area contributed by atoms with Crippen LogP contribution >= 0.6 is 12.4 Å². The van der Waals surface area contributed by atoms with Crippen LogP contribution in [0.2, 0.25) is 0 Å². The van der Waals surface area contributed by atoms with Crippen molar-refractivity contribution in [2.24, 2.45) is 18.7 Å². The van der Waals surface area contributed by atoms with Gasteiger partial charge in [0.25, 0.3) is 5.91 Å². The van der Waals surface area contributed by atoms with Crippen molar-refractivity contribution in [3.8, 4) is 0 Å². The summed E-state index contributed by atoms with van der Waals surface area (Å²) in [7, 11) is 1.73. The molecule has 1 saturated heterocycles. The van der Waals surface area contributed by atoms with E-state index in [1.807, 2.05) is 0 Å². The Balaban J connectivity index is 0.00000200. The average Bonchev–Trinajstić information content (AvgIpc) is 2.80. The molecular weight excluding hydrogens is 280 g/mol. The standard InChI is InChI=1S/C13H20N4O2.ClH/c1-17-8-10(12(14)18)5-11(17)13(19)16-7-9-3-2-4-15-6-9;/h5,8-9,15H,2-4,6-7H2,1H3,(H2,14,18)(H,16,19);1H. The number of hydrogen-bond donors (Lipinski definition) is 3. The van der Waals surface area contributed by atoms with E-state index in [4.69, 9.17) is 5.73 Å². The minimum absolute atomic E-state index is 0. The van der Waals surface area contributed by atoms with Gasteiger partial charge >= 0.3 is 0 Å². The first-order valence-electron chi connectivity index (χ1n) is 6.53. The number of halogens is 1. The monoisotopic (exact) mass is 300 g/mol. The van der Waals surface area contributed by atoms with E-state index in [0.29, 0.717) is 23.7 Å². The molecule has 0 saturated carbocycles. The number of amides is 2. The van der Waals surface area contributed by atoms with Gasteiger partial charge in [0.2, 0.25) is 5.91 Å². The number of nitrogens with two attached hydrogens (primary N) is 1. The topological polar surface area (TPSA) is 89.2 Å². The molecule has 1 atom stereocenters. The van der Waals surface area contributed by atoms with Crippen molar-refractivity contribution < 1.29 is 9.59 Å². The molecule has 4 N–H and O–H groups in total. The first-order chi connectivity index (χ1) is 9.08. The van der Waals surface area contributed by atoms with Crippen LogP contribution in [0.3, 0.4) is 0 Å². The number of carbonyl (C=O) groups is 2. The molecule has 0 aromatic carbocycles. The van der Waals surface area contributed by atoms with Crippen molar-refractivity contribution in [3.05, 3.63) is 23.5 Å². The van der Waals surface area contributed by atoms with E-state index in [1.54, 1.807) is 17.8 Å². The van der Waals surface area contributed by atoms with Crippen LogP contribution in [0.25, 0.3) is 0 Å². The second kappa shape index (κ2) is 7.31. The third-order valence-corrected chi connectivity index (χ3v) is 3.47. The third-order valence-electron chi connectivity index (χ3n) is 3.47. The fourth-order valence-corrected chi connectivity index (χ4v) is 2.35. The predicted molar refractivity (Wildman–Crippen MR) is 79.1 cm³/mol. The minimum atomic E-state index is -0.522. The number of rotatable bonds is 4. The average molecular weight is 301 g/mol. The second-order valence-corrected chi connectivity index (χ2v) is 5.01. The zero-order valence-corrected chi connectivity index (χ0v) is 12.3. The van der Waals surface area contributed by atoms with Crippen molar-refractivity contribution in [2.45, 2.75) is 12.8 Å². The van der Waals surface area contributed by atoms with E-state index in [0.717, 1.165) is 25.9 Å². The zero-order valence-electron chi connectivity index (χ0n) is 11.5. The van der Waals surface area contributed by atoms with Gasteiger partial charge in [-0.05, 0) is 37.9 Å². The summed E-state index contributed by atoms with van der Waals surface area (Å²) in [6.07, 6.45) is 3.85. The SMILES string of the molecule is Cl.Cn1cc(C(N)=O)cc1C(=O)NCC1CCCNC1. The molecule has 1 aliphatic heterocycles. The quantitative estimate of drug-likeness (QED) is 0.746. The Hall–Kier alpha value is -1.53. The Morgan fingerprint density at radius 2 is 2.30 bits per heavy atom. The molecule has 6 nitrogen and oxygen atoms in total.